The molecule has 0 aromatic rings. The zero-order chi connectivity index (χ0) is 10.7. The highest BCUT2D eigenvalue weighted by molar-refractivity contribution is 4.89. The first-order valence-corrected chi connectivity index (χ1v) is 6.16. The van der Waals surface area contributed by atoms with Crippen molar-refractivity contribution >= 4 is 0 Å². The molecule has 1 aliphatic heterocycles. The highest BCUT2D eigenvalue weighted by atomic mass is 16.5. The van der Waals surface area contributed by atoms with E-state index in [9.17, 15) is 0 Å². The lowest BCUT2D eigenvalue weighted by Gasteiger charge is -2.39. The van der Waals surface area contributed by atoms with Crippen LogP contribution in [0.3, 0.4) is 0 Å². The van der Waals surface area contributed by atoms with Crippen molar-refractivity contribution in [2.75, 3.05) is 20.3 Å². The summed E-state index contributed by atoms with van der Waals surface area (Å²) < 4.78 is 10.7. The Morgan fingerprint density at radius 3 is 2.53 bits per heavy atom. The van der Waals surface area contributed by atoms with Crippen molar-refractivity contribution in [2.45, 2.75) is 50.8 Å². The number of hydrogen-bond acceptors (Lipinski definition) is 3. The second-order valence-corrected chi connectivity index (χ2v) is 4.93. The van der Waals surface area contributed by atoms with E-state index in [1.165, 1.54) is 25.7 Å². The maximum atomic E-state index is 5.38. The number of rotatable bonds is 4. The highest BCUT2D eigenvalue weighted by Crippen LogP contribution is 2.25. The molecule has 88 valence electrons. The Labute approximate surface area is 92.5 Å². The van der Waals surface area contributed by atoms with Gasteiger partial charge in [-0.05, 0) is 38.5 Å². The van der Waals surface area contributed by atoms with E-state index in [1.807, 2.05) is 7.11 Å². The molecular formula is C12H23NO2. The van der Waals surface area contributed by atoms with Crippen LogP contribution in [-0.2, 0) is 9.47 Å². The average molecular weight is 213 g/mol. The van der Waals surface area contributed by atoms with Crippen molar-refractivity contribution in [2.24, 2.45) is 5.92 Å². The van der Waals surface area contributed by atoms with Crippen molar-refractivity contribution < 1.29 is 9.47 Å². The lowest BCUT2D eigenvalue weighted by molar-refractivity contribution is 0.00611. The normalized spacial score (nSPS) is 34.8. The molecule has 0 aromatic carbocycles. The van der Waals surface area contributed by atoms with Gasteiger partial charge in [-0.1, -0.05) is 0 Å². The van der Waals surface area contributed by atoms with E-state index in [0.717, 1.165) is 19.1 Å². The monoisotopic (exact) mass is 213 g/mol. The van der Waals surface area contributed by atoms with Gasteiger partial charge in [-0.2, -0.15) is 0 Å². The van der Waals surface area contributed by atoms with Crippen molar-refractivity contribution in [3.05, 3.63) is 0 Å². The molecule has 2 aliphatic rings. The topological polar surface area (TPSA) is 30.5 Å². The van der Waals surface area contributed by atoms with E-state index in [4.69, 9.17) is 9.47 Å². The third-order valence-electron chi connectivity index (χ3n) is 3.90. The second-order valence-electron chi connectivity index (χ2n) is 4.93. The van der Waals surface area contributed by atoms with Gasteiger partial charge in [0.2, 0.25) is 0 Å². The SMILES string of the molecule is COC1CC(NC(C)C2CCOCC2)C1. The van der Waals surface area contributed by atoms with Gasteiger partial charge >= 0.3 is 0 Å². The summed E-state index contributed by atoms with van der Waals surface area (Å²) in [6, 6.07) is 1.32. The van der Waals surface area contributed by atoms with Crippen LogP contribution in [0.1, 0.15) is 32.6 Å². The quantitative estimate of drug-likeness (QED) is 0.769. The van der Waals surface area contributed by atoms with Crippen molar-refractivity contribution in [1.29, 1.82) is 0 Å². The second kappa shape index (κ2) is 5.28. The van der Waals surface area contributed by atoms with Gasteiger partial charge in [-0.25, -0.2) is 0 Å². The molecular weight excluding hydrogens is 190 g/mol. The first kappa shape index (κ1) is 11.4. The van der Waals surface area contributed by atoms with Gasteiger partial charge in [0.05, 0.1) is 6.10 Å². The number of hydrogen-bond donors (Lipinski definition) is 1. The van der Waals surface area contributed by atoms with Crippen LogP contribution in [-0.4, -0.2) is 38.5 Å². The summed E-state index contributed by atoms with van der Waals surface area (Å²) in [6.07, 6.45) is 5.31. The maximum Gasteiger partial charge on any atom is 0.0601 e. The Morgan fingerprint density at radius 2 is 1.93 bits per heavy atom. The van der Waals surface area contributed by atoms with Gasteiger partial charge in [0.25, 0.3) is 0 Å². The van der Waals surface area contributed by atoms with Crippen LogP contribution in [0.5, 0.6) is 0 Å². The maximum absolute atomic E-state index is 5.38. The van der Waals surface area contributed by atoms with E-state index >= 15 is 0 Å². The smallest absolute Gasteiger partial charge is 0.0601 e. The lowest BCUT2D eigenvalue weighted by atomic mass is 9.86. The lowest BCUT2D eigenvalue weighted by Crippen LogP contribution is -2.50. The molecule has 3 heteroatoms. The molecule has 1 atom stereocenters. The van der Waals surface area contributed by atoms with Crippen molar-refractivity contribution in [3.8, 4) is 0 Å². The molecule has 2 fully saturated rings. The Kier molecular flexibility index (Phi) is 4.00. The largest absolute Gasteiger partial charge is 0.381 e. The number of methoxy groups -OCH3 is 1. The van der Waals surface area contributed by atoms with E-state index in [1.54, 1.807) is 0 Å². The van der Waals surface area contributed by atoms with Crippen LogP contribution in [0.2, 0.25) is 0 Å². The third kappa shape index (κ3) is 2.92. The minimum Gasteiger partial charge on any atom is -0.381 e. The van der Waals surface area contributed by atoms with Gasteiger partial charge in [-0.3, -0.25) is 0 Å². The predicted octanol–water partition coefficient (Wildman–Crippen LogP) is 1.57. The fourth-order valence-corrected chi connectivity index (χ4v) is 2.62. The zero-order valence-electron chi connectivity index (χ0n) is 9.87. The van der Waals surface area contributed by atoms with Crippen LogP contribution in [0.15, 0.2) is 0 Å². The summed E-state index contributed by atoms with van der Waals surface area (Å²) in [5, 5.41) is 3.71. The van der Waals surface area contributed by atoms with Crippen molar-refractivity contribution in [3.63, 3.8) is 0 Å². The van der Waals surface area contributed by atoms with E-state index in [2.05, 4.69) is 12.2 Å². The zero-order valence-corrected chi connectivity index (χ0v) is 9.87. The first-order valence-electron chi connectivity index (χ1n) is 6.16. The van der Waals surface area contributed by atoms with Crippen LogP contribution >= 0.6 is 0 Å². The summed E-state index contributed by atoms with van der Waals surface area (Å²) >= 11 is 0. The molecule has 0 aromatic heterocycles. The number of nitrogens with one attached hydrogen (secondary N) is 1. The molecule has 15 heavy (non-hydrogen) atoms. The van der Waals surface area contributed by atoms with E-state index in [0.29, 0.717) is 18.2 Å². The molecule has 2 rings (SSSR count). The van der Waals surface area contributed by atoms with Crippen LogP contribution < -0.4 is 5.32 Å². The predicted molar refractivity (Wildman–Crippen MR) is 60.0 cm³/mol. The fourth-order valence-electron chi connectivity index (χ4n) is 2.62. The molecule has 1 heterocycles. The van der Waals surface area contributed by atoms with Gasteiger partial charge in [-0.15, -0.1) is 0 Å². The minimum atomic E-state index is 0.504. The van der Waals surface area contributed by atoms with Crippen LogP contribution in [0.4, 0.5) is 0 Å². The fraction of sp³-hybridized carbons (Fsp3) is 1.00. The van der Waals surface area contributed by atoms with Crippen LogP contribution in [0, 0.1) is 5.92 Å². The number of ether oxygens (including phenoxy) is 2. The summed E-state index contributed by atoms with van der Waals surface area (Å²) in [5.74, 6) is 0.806. The Balaban J connectivity index is 1.66. The molecule has 1 saturated carbocycles. The van der Waals surface area contributed by atoms with Crippen molar-refractivity contribution in [1.82, 2.24) is 5.32 Å². The Morgan fingerprint density at radius 1 is 1.27 bits per heavy atom. The van der Waals surface area contributed by atoms with Gasteiger partial charge in [0.15, 0.2) is 0 Å². The van der Waals surface area contributed by atoms with Gasteiger partial charge in [0, 0.05) is 32.4 Å². The molecule has 1 aliphatic carbocycles. The molecule has 0 spiro atoms. The molecule has 0 amide bonds. The summed E-state index contributed by atoms with van der Waals surface area (Å²) in [5.41, 5.74) is 0. The van der Waals surface area contributed by atoms with Crippen LogP contribution in [0.25, 0.3) is 0 Å². The Bertz CT molecular complexity index is 186. The molecule has 0 bridgehead atoms. The molecule has 1 saturated heterocycles. The van der Waals surface area contributed by atoms with Gasteiger partial charge < -0.3 is 14.8 Å². The average Bonchev–Trinajstić information content (AvgIpc) is 2.23. The van der Waals surface area contributed by atoms with E-state index < -0.39 is 0 Å². The standard InChI is InChI=1S/C12H23NO2/c1-9(10-3-5-15-6-4-10)13-11-7-12(8-11)14-2/h9-13H,3-8H2,1-2H3. The molecule has 1 unspecified atom stereocenters. The molecule has 3 nitrogen and oxygen atoms in total. The Hall–Kier alpha value is -0.120. The first-order chi connectivity index (χ1) is 7.29. The minimum absolute atomic E-state index is 0.504. The van der Waals surface area contributed by atoms with Gasteiger partial charge in [0.1, 0.15) is 0 Å². The molecule has 1 N–H and O–H groups in total. The summed E-state index contributed by atoms with van der Waals surface area (Å²) in [4.78, 5) is 0. The third-order valence-corrected chi connectivity index (χ3v) is 3.90. The molecule has 0 radical (unpaired) electrons. The highest BCUT2D eigenvalue weighted by Gasteiger charge is 2.31. The summed E-state index contributed by atoms with van der Waals surface area (Å²) in [6.45, 7) is 4.21. The summed E-state index contributed by atoms with van der Waals surface area (Å²) in [7, 11) is 1.81. The van der Waals surface area contributed by atoms with E-state index in [-0.39, 0.29) is 0 Å².